The molecule has 10 heteroatoms. The Bertz CT molecular complexity index is 1230. The van der Waals surface area contributed by atoms with Crippen LogP contribution in [0, 0.1) is 0 Å². The first-order valence-corrected chi connectivity index (χ1v) is 13.0. The zero-order valence-corrected chi connectivity index (χ0v) is 21.7. The van der Waals surface area contributed by atoms with Gasteiger partial charge in [-0.1, -0.05) is 34.8 Å². The Hall–Kier alpha value is -2.71. The molecule has 1 saturated heterocycles. The minimum Gasteiger partial charge on any atom is -0.461 e. The lowest BCUT2D eigenvalue weighted by molar-refractivity contribution is -0.0295. The predicted molar refractivity (Wildman–Crippen MR) is 139 cm³/mol. The summed E-state index contributed by atoms with van der Waals surface area (Å²) in [7, 11) is 0. The van der Waals surface area contributed by atoms with E-state index in [9.17, 15) is 14.4 Å². The largest absolute Gasteiger partial charge is 0.461 e. The zero-order chi connectivity index (χ0) is 25.7. The molecule has 0 N–H and O–H groups in total. The molecule has 1 aliphatic heterocycles. The fraction of sp³-hybridized carbons (Fsp3) is 0.192. The Balaban J connectivity index is 1.47. The second-order valence-electron chi connectivity index (χ2n) is 7.80. The minimum absolute atomic E-state index is 0.0559. The van der Waals surface area contributed by atoms with Crippen LogP contribution in [0.25, 0.3) is 0 Å². The minimum atomic E-state index is -0.854. The van der Waals surface area contributed by atoms with Crippen LogP contribution in [0.5, 0.6) is 0 Å². The lowest BCUT2D eigenvalue weighted by Crippen LogP contribution is -2.39. The fourth-order valence-electron chi connectivity index (χ4n) is 3.44. The van der Waals surface area contributed by atoms with Gasteiger partial charge in [-0.2, -0.15) is 0 Å². The summed E-state index contributed by atoms with van der Waals surface area (Å²) in [4.78, 5) is 38.0. The van der Waals surface area contributed by atoms with Crippen molar-refractivity contribution >= 4 is 64.5 Å². The van der Waals surface area contributed by atoms with E-state index < -0.39 is 35.4 Å². The molecule has 0 saturated carbocycles. The summed E-state index contributed by atoms with van der Waals surface area (Å²) in [5.41, 5.74) is 0.934. The van der Waals surface area contributed by atoms with Crippen LogP contribution in [0.2, 0.25) is 15.1 Å². The Morgan fingerprint density at radius 3 is 1.56 bits per heavy atom. The van der Waals surface area contributed by atoms with Crippen LogP contribution in [0.1, 0.15) is 31.1 Å². The molecular formula is C26H19Cl3O6S. The molecule has 1 aliphatic rings. The van der Waals surface area contributed by atoms with Crippen LogP contribution in [0.3, 0.4) is 0 Å². The maximum absolute atomic E-state index is 12.8. The number of carbonyl (C=O) groups is 3. The first-order chi connectivity index (χ1) is 17.3. The summed E-state index contributed by atoms with van der Waals surface area (Å²) < 4.78 is 16.9. The highest BCUT2D eigenvalue weighted by molar-refractivity contribution is 8.00. The average molecular weight is 566 g/mol. The number of rotatable bonds is 7. The normalized spacial score (nSPS) is 18.9. The van der Waals surface area contributed by atoms with Gasteiger partial charge in [0.25, 0.3) is 0 Å². The Morgan fingerprint density at radius 1 is 0.667 bits per heavy atom. The third kappa shape index (κ3) is 6.73. The number of hydrogen-bond acceptors (Lipinski definition) is 7. The highest BCUT2D eigenvalue weighted by atomic mass is 35.5. The first kappa shape index (κ1) is 26.4. The van der Waals surface area contributed by atoms with E-state index in [1.54, 1.807) is 60.7 Å². The smallest absolute Gasteiger partial charge is 0.338 e. The summed E-state index contributed by atoms with van der Waals surface area (Å²) in [6.45, 7) is -0.0559. The van der Waals surface area contributed by atoms with Crippen molar-refractivity contribution in [2.75, 3.05) is 12.4 Å². The maximum Gasteiger partial charge on any atom is 0.338 e. The van der Waals surface area contributed by atoms with Gasteiger partial charge in [-0.05, 0) is 72.8 Å². The summed E-state index contributed by atoms with van der Waals surface area (Å²) in [6, 6.07) is 18.8. The summed E-state index contributed by atoms with van der Waals surface area (Å²) in [5.74, 6) is -1.39. The summed E-state index contributed by atoms with van der Waals surface area (Å²) >= 11 is 19.1. The Kier molecular flexibility index (Phi) is 8.80. The molecule has 3 aromatic rings. The molecule has 0 spiro atoms. The molecule has 0 unspecified atom stereocenters. The number of halogens is 3. The molecule has 6 nitrogen and oxygen atoms in total. The van der Waals surface area contributed by atoms with Crippen LogP contribution in [0.4, 0.5) is 0 Å². The molecule has 0 aromatic heterocycles. The molecule has 1 heterocycles. The number of benzene rings is 3. The van der Waals surface area contributed by atoms with E-state index in [1.807, 2.05) is 0 Å². The predicted octanol–water partition coefficient (Wildman–Crippen LogP) is 6.37. The quantitative estimate of drug-likeness (QED) is 0.243. The van der Waals surface area contributed by atoms with Gasteiger partial charge in [-0.25, -0.2) is 14.4 Å². The van der Waals surface area contributed by atoms with E-state index >= 15 is 0 Å². The Morgan fingerprint density at radius 2 is 1.08 bits per heavy atom. The van der Waals surface area contributed by atoms with E-state index in [0.717, 1.165) is 0 Å². The summed E-state index contributed by atoms with van der Waals surface area (Å²) in [5, 5.41) is 1.00. The first-order valence-electron chi connectivity index (χ1n) is 10.8. The van der Waals surface area contributed by atoms with Crippen molar-refractivity contribution in [3.8, 4) is 0 Å². The van der Waals surface area contributed by atoms with Gasteiger partial charge < -0.3 is 14.2 Å². The van der Waals surface area contributed by atoms with Gasteiger partial charge in [0.2, 0.25) is 0 Å². The third-order valence-corrected chi connectivity index (χ3v) is 7.44. The zero-order valence-electron chi connectivity index (χ0n) is 18.6. The monoisotopic (exact) mass is 564 g/mol. The van der Waals surface area contributed by atoms with Crippen molar-refractivity contribution in [1.29, 1.82) is 0 Å². The van der Waals surface area contributed by atoms with E-state index in [0.29, 0.717) is 31.9 Å². The molecule has 3 atom stereocenters. The molecule has 0 bridgehead atoms. The lowest BCUT2D eigenvalue weighted by atomic mass is 10.1. The molecule has 0 radical (unpaired) electrons. The van der Waals surface area contributed by atoms with Crippen molar-refractivity contribution in [1.82, 2.24) is 0 Å². The van der Waals surface area contributed by atoms with Crippen molar-refractivity contribution in [2.45, 2.75) is 17.5 Å². The van der Waals surface area contributed by atoms with Gasteiger partial charge >= 0.3 is 17.9 Å². The number of ether oxygens (including phenoxy) is 3. The number of esters is 3. The highest BCUT2D eigenvalue weighted by Gasteiger charge is 2.43. The second-order valence-corrected chi connectivity index (χ2v) is 10.4. The van der Waals surface area contributed by atoms with Crippen LogP contribution in [0.15, 0.2) is 72.8 Å². The highest BCUT2D eigenvalue weighted by Crippen LogP contribution is 2.33. The average Bonchev–Trinajstić information content (AvgIpc) is 3.24. The number of hydrogen-bond donors (Lipinski definition) is 0. The van der Waals surface area contributed by atoms with Gasteiger partial charge in [-0.3, -0.25) is 0 Å². The van der Waals surface area contributed by atoms with Gasteiger partial charge in [0, 0.05) is 20.8 Å². The van der Waals surface area contributed by atoms with Crippen molar-refractivity contribution in [3.63, 3.8) is 0 Å². The van der Waals surface area contributed by atoms with Gasteiger partial charge in [-0.15, -0.1) is 11.8 Å². The van der Waals surface area contributed by atoms with E-state index in [2.05, 4.69) is 0 Å². The van der Waals surface area contributed by atoms with Crippen LogP contribution in [-0.2, 0) is 14.2 Å². The van der Waals surface area contributed by atoms with Gasteiger partial charge in [0.15, 0.2) is 6.10 Å². The topological polar surface area (TPSA) is 78.9 Å². The molecule has 1 fully saturated rings. The molecule has 0 aliphatic carbocycles. The number of carbonyl (C=O) groups excluding carboxylic acids is 3. The molecule has 36 heavy (non-hydrogen) atoms. The van der Waals surface area contributed by atoms with E-state index in [1.165, 1.54) is 23.9 Å². The third-order valence-electron chi connectivity index (χ3n) is 5.33. The van der Waals surface area contributed by atoms with Crippen LogP contribution in [-0.4, -0.2) is 47.7 Å². The van der Waals surface area contributed by atoms with Gasteiger partial charge in [0.1, 0.15) is 12.7 Å². The van der Waals surface area contributed by atoms with E-state index in [-0.39, 0.29) is 12.2 Å². The Labute approximate surface area is 226 Å². The fourth-order valence-corrected chi connectivity index (χ4v) is 5.10. The maximum atomic E-state index is 12.8. The van der Waals surface area contributed by atoms with Crippen LogP contribution >= 0.6 is 46.6 Å². The molecular weight excluding hydrogens is 547 g/mol. The number of thioether (sulfide) groups is 1. The SMILES string of the molecule is O=C(OC[C@@H]1SC[C@@H](OC(=O)c2ccc(Cl)cc2)[C@H]1OC(=O)c1ccc(Cl)cc1)c1ccc(Cl)cc1. The van der Waals surface area contributed by atoms with Gasteiger partial charge in [0.05, 0.1) is 21.9 Å². The summed E-state index contributed by atoms with van der Waals surface area (Å²) in [6.07, 6.45) is -1.61. The van der Waals surface area contributed by atoms with Crippen LogP contribution < -0.4 is 0 Å². The standard InChI is InChI=1S/C26H19Cl3O6S/c27-18-7-1-15(2-8-18)24(30)33-13-22-23(35-26(32)17-5-11-20(29)12-6-17)21(14-36-22)34-25(31)16-3-9-19(28)10-4-16/h1-12,21-23H,13-14H2/t21-,22+,23-/m1/s1. The molecule has 3 aromatic carbocycles. The van der Waals surface area contributed by atoms with Crippen molar-refractivity contribution in [3.05, 3.63) is 105 Å². The molecule has 0 amide bonds. The van der Waals surface area contributed by atoms with Crippen molar-refractivity contribution in [2.24, 2.45) is 0 Å². The van der Waals surface area contributed by atoms with Crippen molar-refractivity contribution < 1.29 is 28.6 Å². The molecule has 186 valence electrons. The second kappa shape index (κ2) is 12.0. The van der Waals surface area contributed by atoms with E-state index in [4.69, 9.17) is 49.0 Å². The lowest BCUT2D eigenvalue weighted by Gasteiger charge is -2.24. The molecule has 4 rings (SSSR count).